The summed E-state index contributed by atoms with van der Waals surface area (Å²) >= 11 is 0. The first-order valence-corrected chi connectivity index (χ1v) is 4.39. The van der Waals surface area contributed by atoms with E-state index in [0.29, 0.717) is 0 Å². The lowest BCUT2D eigenvalue weighted by molar-refractivity contribution is 1.52. The van der Waals surface area contributed by atoms with E-state index < -0.39 is 0 Å². The Morgan fingerprint density at radius 2 is 1.64 bits per heavy atom. The summed E-state index contributed by atoms with van der Waals surface area (Å²) in [6.45, 7) is 0. The van der Waals surface area contributed by atoms with Crippen LogP contribution in [0.15, 0.2) is 36.4 Å². The van der Waals surface area contributed by atoms with Crippen LogP contribution in [0.4, 0.5) is 0 Å². The van der Waals surface area contributed by atoms with Crippen LogP contribution in [-0.4, -0.2) is 12.4 Å². The van der Waals surface area contributed by atoms with Gasteiger partial charge in [0.25, 0.3) is 0 Å². The molecule has 0 aliphatic rings. The molecule has 0 atom stereocenters. The first-order chi connectivity index (χ1) is 6.86. The molecule has 2 nitrogen and oxygen atoms in total. The van der Waals surface area contributed by atoms with Crippen LogP contribution >= 0.6 is 0 Å². The summed E-state index contributed by atoms with van der Waals surface area (Å²) in [7, 11) is 0. The predicted octanol–water partition coefficient (Wildman–Crippen LogP) is 2.84. The highest BCUT2D eigenvalue weighted by Crippen LogP contribution is 2.19. The fourth-order valence-electron chi connectivity index (χ4n) is 1.60. The quantitative estimate of drug-likeness (QED) is 0.671. The monoisotopic (exact) mass is 182 g/mol. The minimum Gasteiger partial charge on any atom is -0.308 e. The molecule has 2 rings (SSSR count). The minimum atomic E-state index is 0.790. The van der Waals surface area contributed by atoms with Crippen molar-refractivity contribution >= 4 is 23.2 Å². The van der Waals surface area contributed by atoms with Gasteiger partial charge in [-0.3, -0.25) is 0 Å². The Morgan fingerprint density at radius 3 is 2.36 bits per heavy atom. The third-order valence-electron chi connectivity index (χ3n) is 2.30. The summed E-state index contributed by atoms with van der Waals surface area (Å²) in [6.07, 6.45) is 2.59. The van der Waals surface area contributed by atoms with Crippen molar-refractivity contribution in [2.24, 2.45) is 0 Å². The van der Waals surface area contributed by atoms with Crippen molar-refractivity contribution in [2.45, 2.75) is 0 Å². The normalized spacial score (nSPS) is 10.0. The second-order valence-corrected chi connectivity index (χ2v) is 3.08. The fraction of sp³-hybridized carbons (Fsp3) is 0. The molecule has 0 saturated heterocycles. The molecule has 2 aromatic carbocycles. The maximum absolute atomic E-state index is 7.34. The van der Waals surface area contributed by atoms with Crippen LogP contribution in [0.3, 0.4) is 0 Å². The Kier molecular flexibility index (Phi) is 2.11. The van der Waals surface area contributed by atoms with Crippen LogP contribution in [0, 0.1) is 10.8 Å². The molecular formula is C12H10N2. The predicted molar refractivity (Wildman–Crippen MR) is 59.7 cm³/mol. The van der Waals surface area contributed by atoms with E-state index in [2.05, 4.69) is 0 Å². The molecule has 68 valence electrons. The van der Waals surface area contributed by atoms with Crippen LogP contribution in [-0.2, 0) is 0 Å². The lowest BCUT2D eigenvalue weighted by Gasteiger charge is -2.04. The molecule has 0 aromatic heterocycles. The molecule has 0 heterocycles. The van der Waals surface area contributed by atoms with Gasteiger partial charge in [0.15, 0.2) is 0 Å². The van der Waals surface area contributed by atoms with Crippen molar-refractivity contribution in [1.82, 2.24) is 0 Å². The van der Waals surface area contributed by atoms with E-state index in [1.807, 2.05) is 36.4 Å². The number of hydrogen-bond donors (Lipinski definition) is 2. The maximum atomic E-state index is 7.34. The zero-order valence-corrected chi connectivity index (χ0v) is 7.62. The van der Waals surface area contributed by atoms with Crippen molar-refractivity contribution in [3.8, 4) is 0 Å². The average molecular weight is 182 g/mol. The minimum absolute atomic E-state index is 0.790. The molecule has 2 aromatic rings. The molecular weight excluding hydrogens is 172 g/mol. The first kappa shape index (κ1) is 8.63. The molecule has 0 saturated carbocycles. The average Bonchev–Trinajstić information content (AvgIpc) is 2.27. The molecule has 14 heavy (non-hydrogen) atoms. The van der Waals surface area contributed by atoms with Gasteiger partial charge < -0.3 is 10.8 Å². The Hall–Kier alpha value is -1.96. The summed E-state index contributed by atoms with van der Waals surface area (Å²) in [5, 5.41) is 16.7. The van der Waals surface area contributed by atoms with E-state index in [4.69, 9.17) is 10.8 Å². The Bertz CT molecular complexity index is 501. The molecule has 2 N–H and O–H groups in total. The molecule has 0 aliphatic heterocycles. The van der Waals surface area contributed by atoms with Gasteiger partial charge >= 0.3 is 0 Å². The van der Waals surface area contributed by atoms with Crippen molar-refractivity contribution < 1.29 is 0 Å². The van der Waals surface area contributed by atoms with E-state index in [9.17, 15) is 0 Å². The Balaban J connectivity index is 2.90. The largest absolute Gasteiger partial charge is 0.308 e. The highest BCUT2D eigenvalue weighted by atomic mass is 14.4. The third kappa shape index (κ3) is 1.21. The summed E-state index contributed by atoms with van der Waals surface area (Å²) in [4.78, 5) is 0. The van der Waals surface area contributed by atoms with E-state index in [1.165, 1.54) is 12.4 Å². The van der Waals surface area contributed by atoms with Gasteiger partial charge in [-0.1, -0.05) is 36.4 Å². The molecule has 0 fully saturated rings. The summed E-state index contributed by atoms with van der Waals surface area (Å²) in [5.41, 5.74) is 1.61. The van der Waals surface area contributed by atoms with Crippen LogP contribution < -0.4 is 0 Å². The van der Waals surface area contributed by atoms with Crippen molar-refractivity contribution in [2.75, 3.05) is 0 Å². The lowest BCUT2D eigenvalue weighted by Crippen LogP contribution is -1.91. The summed E-state index contributed by atoms with van der Waals surface area (Å²) in [5.74, 6) is 0. The molecule has 0 unspecified atom stereocenters. The van der Waals surface area contributed by atoms with Crippen LogP contribution in [0.5, 0.6) is 0 Å². The zero-order valence-electron chi connectivity index (χ0n) is 7.62. The van der Waals surface area contributed by atoms with Crippen molar-refractivity contribution in [1.29, 1.82) is 10.8 Å². The maximum Gasteiger partial charge on any atom is 0.0263 e. The highest BCUT2D eigenvalue weighted by molar-refractivity contribution is 6.05. The molecule has 0 bridgehead atoms. The van der Waals surface area contributed by atoms with Gasteiger partial charge in [-0.15, -0.1) is 0 Å². The standard InChI is InChI=1S/C12H10N2/c13-7-10-6-5-9-3-1-2-4-11(9)12(10)8-14/h1-8,13-14H. The van der Waals surface area contributed by atoms with Gasteiger partial charge in [-0.25, -0.2) is 0 Å². The van der Waals surface area contributed by atoms with Gasteiger partial charge in [-0.05, 0) is 10.8 Å². The molecule has 0 spiro atoms. The Labute approximate surface area is 82.2 Å². The Morgan fingerprint density at radius 1 is 0.857 bits per heavy atom. The summed E-state index contributed by atoms with van der Waals surface area (Å²) in [6, 6.07) is 11.8. The second kappa shape index (κ2) is 3.42. The van der Waals surface area contributed by atoms with Crippen LogP contribution in [0.2, 0.25) is 0 Å². The SMILES string of the molecule is N=Cc1ccc2ccccc2c1C=N. The van der Waals surface area contributed by atoms with Crippen LogP contribution in [0.1, 0.15) is 11.1 Å². The van der Waals surface area contributed by atoms with E-state index in [-0.39, 0.29) is 0 Å². The number of rotatable bonds is 2. The van der Waals surface area contributed by atoms with Gasteiger partial charge in [0.2, 0.25) is 0 Å². The molecule has 0 amide bonds. The smallest absolute Gasteiger partial charge is 0.0263 e. The van der Waals surface area contributed by atoms with Gasteiger partial charge in [0.1, 0.15) is 0 Å². The number of nitrogens with one attached hydrogen (secondary N) is 2. The number of fused-ring (bicyclic) bond motifs is 1. The van der Waals surface area contributed by atoms with Gasteiger partial charge in [-0.2, -0.15) is 0 Å². The van der Waals surface area contributed by atoms with E-state index in [1.54, 1.807) is 0 Å². The topological polar surface area (TPSA) is 47.7 Å². The first-order valence-electron chi connectivity index (χ1n) is 4.39. The van der Waals surface area contributed by atoms with Crippen molar-refractivity contribution in [3.63, 3.8) is 0 Å². The number of hydrogen-bond acceptors (Lipinski definition) is 2. The number of benzene rings is 2. The second-order valence-electron chi connectivity index (χ2n) is 3.08. The highest BCUT2D eigenvalue weighted by Gasteiger charge is 2.02. The van der Waals surface area contributed by atoms with E-state index in [0.717, 1.165) is 21.9 Å². The van der Waals surface area contributed by atoms with Gasteiger partial charge in [0.05, 0.1) is 0 Å². The van der Waals surface area contributed by atoms with Gasteiger partial charge in [0, 0.05) is 23.6 Å². The molecule has 0 radical (unpaired) electrons. The molecule has 2 heteroatoms. The lowest BCUT2D eigenvalue weighted by atomic mass is 10.0. The fourth-order valence-corrected chi connectivity index (χ4v) is 1.60. The van der Waals surface area contributed by atoms with Crippen molar-refractivity contribution in [3.05, 3.63) is 47.5 Å². The third-order valence-corrected chi connectivity index (χ3v) is 2.30. The molecule has 0 aliphatic carbocycles. The zero-order chi connectivity index (χ0) is 9.97. The van der Waals surface area contributed by atoms with Crippen LogP contribution in [0.25, 0.3) is 10.8 Å². The summed E-state index contributed by atoms with van der Waals surface area (Å²) < 4.78 is 0. The van der Waals surface area contributed by atoms with E-state index >= 15 is 0 Å².